The number of nitrogens with zero attached hydrogens (tertiary/aromatic N) is 1. The average molecular weight is 584 g/mol. The van der Waals surface area contributed by atoms with Crippen molar-refractivity contribution < 1.29 is 27.0 Å². The van der Waals surface area contributed by atoms with Crippen LogP contribution in [0.4, 0.5) is 23.2 Å². The number of hydrogen-bond acceptors (Lipinski definition) is 5. The molecule has 1 aliphatic heterocycles. The number of alkyl halides is 3. The van der Waals surface area contributed by atoms with Gasteiger partial charge in [0.2, 0.25) is 11.8 Å². The topological polar surface area (TPSA) is 67.2 Å². The molecule has 9 heteroatoms. The Morgan fingerprint density at radius 3 is 2.40 bits per heavy atom. The quantitative estimate of drug-likeness (QED) is 0.127. The second-order valence-electron chi connectivity index (χ2n) is 10.4. The number of anilines is 1. The van der Waals surface area contributed by atoms with Crippen molar-refractivity contribution in [3.8, 4) is 5.88 Å². The van der Waals surface area contributed by atoms with E-state index in [-0.39, 0.29) is 29.0 Å². The third-order valence-corrected chi connectivity index (χ3v) is 7.22. The van der Waals surface area contributed by atoms with Gasteiger partial charge >= 0.3 is 6.18 Å². The molecule has 0 amide bonds. The van der Waals surface area contributed by atoms with Crippen LogP contribution in [0.1, 0.15) is 81.0 Å². The highest BCUT2D eigenvalue weighted by atomic mass is 19.4. The number of halogens is 4. The van der Waals surface area contributed by atoms with Gasteiger partial charge in [0.25, 0.3) is 0 Å². The highest BCUT2D eigenvalue weighted by Crippen LogP contribution is 2.40. The number of nitrogens with one attached hydrogen (secondary N) is 2. The molecule has 5 nitrogen and oxygen atoms in total. The van der Waals surface area contributed by atoms with E-state index < -0.39 is 18.6 Å². The van der Waals surface area contributed by atoms with E-state index in [0.717, 1.165) is 38.5 Å². The van der Waals surface area contributed by atoms with Crippen molar-refractivity contribution in [1.29, 1.82) is 5.41 Å². The summed E-state index contributed by atoms with van der Waals surface area (Å²) in [6, 6.07) is 16.3. The first-order valence-electron chi connectivity index (χ1n) is 14.4. The molecule has 2 atom stereocenters. The molecule has 1 aromatic heterocycles. The van der Waals surface area contributed by atoms with Crippen molar-refractivity contribution in [2.45, 2.75) is 77.3 Å². The fourth-order valence-corrected chi connectivity index (χ4v) is 5.16. The molecule has 3 aromatic rings. The van der Waals surface area contributed by atoms with Crippen LogP contribution in [0, 0.1) is 5.41 Å². The van der Waals surface area contributed by atoms with Crippen molar-refractivity contribution in [2.24, 2.45) is 0 Å². The Labute approximate surface area is 244 Å². The van der Waals surface area contributed by atoms with Gasteiger partial charge < -0.3 is 14.8 Å². The zero-order chi connectivity index (χ0) is 30.1. The maximum Gasteiger partial charge on any atom is 0.393 e. The molecule has 1 saturated heterocycles. The van der Waals surface area contributed by atoms with Gasteiger partial charge in [-0.1, -0.05) is 56.7 Å². The first-order valence-corrected chi connectivity index (χ1v) is 14.4. The van der Waals surface area contributed by atoms with Crippen LogP contribution < -0.4 is 10.1 Å². The smallest absolute Gasteiger partial charge is 0.393 e. The van der Waals surface area contributed by atoms with Crippen LogP contribution in [0.2, 0.25) is 0 Å². The molecule has 2 N–H and O–H groups in total. The number of ether oxygens (including phenoxy) is 2. The van der Waals surface area contributed by atoms with Gasteiger partial charge in [0, 0.05) is 30.1 Å². The first kappa shape index (κ1) is 31.2. The fraction of sp³-hybridized carbons (Fsp3) is 0.394. The molecule has 2 unspecified atom stereocenters. The Hall–Kier alpha value is -3.72. The molecule has 42 heavy (non-hydrogen) atoms. The van der Waals surface area contributed by atoms with Crippen LogP contribution in [0.5, 0.6) is 5.88 Å². The van der Waals surface area contributed by atoms with Gasteiger partial charge in [0.15, 0.2) is 0 Å². The third-order valence-electron chi connectivity index (χ3n) is 7.22. The molecular formula is C33H37F4N3O2. The Morgan fingerprint density at radius 1 is 1.05 bits per heavy atom. The Kier molecular flexibility index (Phi) is 10.7. The summed E-state index contributed by atoms with van der Waals surface area (Å²) in [6.45, 7) is 4.67. The van der Waals surface area contributed by atoms with E-state index in [1.165, 1.54) is 12.3 Å². The van der Waals surface area contributed by atoms with Crippen LogP contribution >= 0.6 is 0 Å². The molecule has 2 aromatic carbocycles. The molecule has 1 fully saturated rings. The predicted molar refractivity (Wildman–Crippen MR) is 158 cm³/mol. The summed E-state index contributed by atoms with van der Waals surface area (Å²) >= 11 is 0. The second kappa shape index (κ2) is 14.4. The Morgan fingerprint density at radius 2 is 1.81 bits per heavy atom. The van der Waals surface area contributed by atoms with Gasteiger partial charge in [-0.2, -0.15) is 17.6 Å². The molecule has 0 bridgehead atoms. The van der Waals surface area contributed by atoms with Gasteiger partial charge in [-0.3, -0.25) is 5.41 Å². The lowest BCUT2D eigenvalue weighted by molar-refractivity contribution is -0.122. The number of allylic oxidation sites excluding steroid dienone is 1. The second-order valence-corrected chi connectivity index (χ2v) is 10.4. The Bertz CT molecular complexity index is 1350. The zero-order valence-electron chi connectivity index (χ0n) is 23.9. The highest BCUT2D eigenvalue weighted by Gasteiger charge is 2.32. The van der Waals surface area contributed by atoms with Gasteiger partial charge in [0.05, 0.1) is 12.0 Å². The van der Waals surface area contributed by atoms with E-state index in [1.807, 2.05) is 6.92 Å². The summed E-state index contributed by atoms with van der Waals surface area (Å²) in [5, 5.41) is 11.0. The summed E-state index contributed by atoms with van der Waals surface area (Å²) in [5.41, 5.74) is 1.69. The zero-order valence-corrected chi connectivity index (χ0v) is 23.9. The molecule has 0 radical (unpaired) electrons. The number of benzene rings is 2. The summed E-state index contributed by atoms with van der Waals surface area (Å²) in [5.74, 6) is -0.816. The van der Waals surface area contributed by atoms with Crippen molar-refractivity contribution in [1.82, 2.24) is 4.98 Å². The lowest BCUT2D eigenvalue weighted by Gasteiger charge is -2.26. The van der Waals surface area contributed by atoms with Crippen molar-refractivity contribution >= 4 is 22.8 Å². The van der Waals surface area contributed by atoms with E-state index in [2.05, 4.69) is 17.2 Å². The molecule has 0 saturated carbocycles. The third kappa shape index (κ3) is 8.41. The molecule has 4 rings (SSSR count). The minimum Gasteiger partial charge on any atom is -0.474 e. The van der Waals surface area contributed by atoms with Crippen molar-refractivity contribution in [2.75, 3.05) is 11.9 Å². The normalized spacial score (nSPS) is 16.9. The van der Waals surface area contributed by atoms with Gasteiger partial charge in [0.1, 0.15) is 12.3 Å². The van der Waals surface area contributed by atoms with Gasteiger partial charge in [-0.05, 0) is 72.6 Å². The molecule has 2 heterocycles. The van der Waals surface area contributed by atoms with Crippen LogP contribution in [-0.2, 0) is 4.74 Å². The average Bonchev–Trinajstić information content (AvgIpc) is 2.98. The van der Waals surface area contributed by atoms with E-state index in [1.54, 1.807) is 54.6 Å². The molecule has 224 valence electrons. The lowest BCUT2D eigenvalue weighted by Crippen LogP contribution is -2.27. The number of rotatable bonds is 12. The first-order chi connectivity index (χ1) is 20.2. The summed E-state index contributed by atoms with van der Waals surface area (Å²) in [6.07, 6.45) is 0.646. The largest absolute Gasteiger partial charge is 0.474 e. The molecular weight excluding hydrogens is 546 g/mol. The van der Waals surface area contributed by atoms with E-state index >= 15 is 0 Å². The van der Waals surface area contributed by atoms with Crippen LogP contribution in [-0.4, -0.2) is 36.1 Å². The molecule has 0 spiro atoms. The maximum absolute atomic E-state index is 14.6. The maximum atomic E-state index is 14.6. The fourth-order valence-electron chi connectivity index (χ4n) is 5.16. The van der Waals surface area contributed by atoms with E-state index in [9.17, 15) is 17.6 Å². The summed E-state index contributed by atoms with van der Waals surface area (Å²) in [4.78, 5) is 4.44. The number of pyridine rings is 1. The van der Waals surface area contributed by atoms with Gasteiger partial charge in [-0.15, -0.1) is 0 Å². The van der Waals surface area contributed by atoms with E-state index in [0.29, 0.717) is 34.9 Å². The summed E-state index contributed by atoms with van der Waals surface area (Å²) in [7, 11) is 0. The Balaban J connectivity index is 1.85. The molecule has 1 aliphatic rings. The standard InChI is InChI=1S/C33H37F4N3O2/c1-3-10-25(4-2)42-29-17-15-24(21-39-29)31(27(20-33(35,36)37)22-11-6-5-7-12-22)23-14-16-28(26(19-23)32(34)38)40-30-13-8-9-18-41-30/h5-7,11-12,14-17,19,21,25,30,38,40H,3-4,8-10,13,18,20H2,1-2H3/b31-27-,38-32?. The van der Waals surface area contributed by atoms with Crippen molar-refractivity contribution in [3.63, 3.8) is 0 Å². The number of aromatic nitrogens is 1. The minimum atomic E-state index is -4.52. The van der Waals surface area contributed by atoms with Gasteiger partial charge in [-0.25, -0.2) is 4.98 Å². The minimum absolute atomic E-state index is 0.0141. The van der Waals surface area contributed by atoms with E-state index in [4.69, 9.17) is 14.9 Å². The van der Waals surface area contributed by atoms with Crippen LogP contribution in [0.15, 0.2) is 66.9 Å². The molecule has 0 aliphatic carbocycles. The predicted octanol–water partition coefficient (Wildman–Crippen LogP) is 9.18. The monoisotopic (exact) mass is 583 g/mol. The number of hydrogen-bond donors (Lipinski definition) is 2. The highest BCUT2D eigenvalue weighted by molar-refractivity contribution is 6.02. The summed E-state index contributed by atoms with van der Waals surface area (Å²) < 4.78 is 68.5. The van der Waals surface area contributed by atoms with Crippen molar-refractivity contribution in [3.05, 3.63) is 89.1 Å². The SMILES string of the molecule is CCCC(CC)Oc1ccc(/C(=C(/CC(F)(F)F)c2ccccc2)c2ccc(NC3CCCCO3)c(C(=N)F)c2)cn1. The van der Waals surface area contributed by atoms with Crippen LogP contribution in [0.25, 0.3) is 11.1 Å². The van der Waals surface area contributed by atoms with Crippen LogP contribution in [0.3, 0.4) is 0 Å². The lowest BCUT2D eigenvalue weighted by atomic mass is 9.87.